The van der Waals surface area contributed by atoms with Crippen LogP contribution in [0.15, 0.2) is 12.4 Å². The van der Waals surface area contributed by atoms with Crippen molar-refractivity contribution in [3.63, 3.8) is 0 Å². The molecule has 0 aliphatic rings. The molecule has 0 amide bonds. The number of nitrogens with zero attached hydrogens (tertiary/aromatic N) is 1. The lowest BCUT2D eigenvalue weighted by atomic mass is 9.82. The Labute approximate surface area is 113 Å². The van der Waals surface area contributed by atoms with Gasteiger partial charge in [-0.2, -0.15) is 0 Å². The molecule has 2 unspecified atom stereocenters. The quantitative estimate of drug-likeness (QED) is 0.417. The topological polar surface area (TPSA) is 85.9 Å². The maximum absolute atomic E-state index is 12.2. The number of unbranched alkanes of at least 4 members (excludes halogenated alkanes) is 2. The molecule has 1 N–H and O–H groups in total. The van der Waals surface area contributed by atoms with Crippen LogP contribution in [0, 0.1) is 11.8 Å². The van der Waals surface area contributed by atoms with Crippen LogP contribution in [0.5, 0.6) is 0 Å². The highest BCUT2D eigenvalue weighted by molar-refractivity contribution is 6.05. The summed E-state index contributed by atoms with van der Waals surface area (Å²) in [5.74, 6) is -2.97. The lowest BCUT2D eigenvalue weighted by Gasteiger charge is -2.25. The number of carboxylic acid groups (broad SMARTS) is 1. The fourth-order valence-corrected chi connectivity index (χ4v) is 2.32. The summed E-state index contributed by atoms with van der Waals surface area (Å²) in [7, 11) is 0. The van der Waals surface area contributed by atoms with Gasteiger partial charge in [0.2, 0.25) is 5.78 Å². The summed E-state index contributed by atoms with van der Waals surface area (Å²) in [6, 6.07) is 0. The van der Waals surface area contributed by atoms with Crippen LogP contribution in [0.1, 0.15) is 56.6 Å². The molecule has 1 rings (SSSR count). The Morgan fingerprint density at radius 1 is 1.37 bits per heavy atom. The molecule has 0 radical (unpaired) electrons. The Bertz CT molecular complexity index is 401. The van der Waals surface area contributed by atoms with Crippen LogP contribution < -0.4 is 5.11 Å². The number of carboxylic acids is 1. The van der Waals surface area contributed by atoms with Crippen molar-refractivity contribution >= 4 is 11.8 Å². The van der Waals surface area contributed by atoms with Crippen LogP contribution in [-0.2, 0) is 4.79 Å². The Hall–Kier alpha value is -1.65. The fourth-order valence-electron chi connectivity index (χ4n) is 2.32. The van der Waals surface area contributed by atoms with Crippen LogP contribution >= 0.6 is 0 Å². The van der Waals surface area contributed by atoms with Gasteiger partial charge in [-0.1, -0.05) is 39.5 Å². The molecule has 0 aromatic carbocycles. The van der Waals surface area contributed by atoms with E-state index in [-0.39, 0.29) is 11.7 Å². The summed E-state index contributed by atoms with van der Waals surface area (Å²) in [5.41, 5.74) is 0. The summed E-state index contributed by atoms with van der Waals surface area (Å²) in [4.78, 5) is 30.0. The number of hydrogen-bond acceptors (Lipinski definition) is 4. The number of aromatic amines is 1. The van der Waals surface area contributed by atoms with Gasteiger partial charge in [-0.05, 0) is 12.3 Å². The van der Waals surface area contributed by atoms with Gasteiger partial charge in [-0.25, -0.2) is 4.98 Å². The molecule has 1 aromatic rings. The van der Waals surface area contributed by atoms with Gasteiger partial charge in [0.05, 0.1) is 11.9 Å². The molecule has 19 heavy (non-hydrogen) atoms. The molecular formula is C14H21N2O3-. The van der Waals surface area contributed by atoms with Gasteiger partial charge in [-0.3, -0.25) is 4.79 Å². The Morgan fingerprint density at radius 2 is 2.11 bits per heavy atom. The number of H-pyrrole nitrogens is 1. The molecule has 1 heterocycles. The molecule has 0 spiro atoms. The lowest BCUT2D eigenvalue weighted by molar-refractivity contribution is -0.310. The van der Waals surface area contributed by atoms with E-state index in [2.05, 4.69) is 16.9 Å². The van der Waals surface area contributed by atoms with Gasteiger partial charge in [-0.15, -0.1) is 0 Å². The van der Waals surface area contributed by atoms with E-state index in [1.807, 2.05) is 6.92 Å². The third-order valence-corrected chi connectivity index (χ3v) is 3.44. The molecule has 0 saturated carbocycles. The van der Waals surface area contributed by atoms with E-state index in [1.54, 1.807) is 0 Å². The average Bonchev–Trinajstić information content (AvgIpc) is 2.90. The number of aromatic nitrogens is 2. The van der Waals surface area contributed by atoms with E-state index in [4.69, 9.17) is 0 Å². The van der Waals surface area contributed by atoms with E-state index in [0.29, 0.717) is 6.42 Å². The number of carbonyl (C=O) groups is 2. The molecular weight excluding hydrogens is 244 g/mol. The van der Waals surface area contributed by atoms with Crippen molar-refractivity contribution in [3.8, 4) is 0 Å². The number of Topliss-reactive ketones (excluding diaryl/α,β-unsaturated/α-hetero) is 1. The largest absolute Gasteiger partial charge is 0.549 e. The molecule has 0 saturated heterocycles. The number of hydrogen-bond donors (Lipinski definition) is 1. The molecule has 5 nitrogen and oxygen atoms in total. The van der Waals surface area contributed by atoms with Crippen molar-refractivity contribution in [3.05, 3.63) is 18.2 Å². The molecule has 0 aliphatic carbocycles. The first-order valence-corrected chi connectivity index (χ1v) is 6.86. The second-order valence-electron chi connectivity index (χ2n) is 4.76. The predicted octanol–water partition coefficient (Wildman–Crippen LogP) is 1.56. The second-order valence-corrected chi connectivity index (χ2v) is 4.76. The number of aliphatic carboxylic acids is 1. The molecule has 0 fully saturated rings. The monoisotopic (exact) mass is 265 g/mol. The van der Waals surface area contributed by atoms with E-state index >= 15 is 0 Å². The first-order valence-electron chi connectivity index (χ1n) is 6.86. The van der Waals surface area contributed by atoms with Gasteiger partial charge in [0.15, 0.2) is 5.82 Å². The maximum Gasteiger partial charge on any atom is 0.206 e. The highest BCUT2D eigenvalue weighted by Crippen LogP contribution is 2.25. The summed E-state index contributed by atoms with van der Waals surface area (Å²) in [6.07, 6.45) is 7.38. The van der Waals surface area contributed by atoms with Crippen molar-refractivity contribution in [2.24, 2.45) is 11.8 Å². The minimum atomic E-state index is -1.30. The Kier molecular flexibility index (Phi) is 6.25. The van der Waals surface area contributed by atoms with Crippen LogP contribution in [0.3, 0.4) is 0 Å². The molecule has 1 aromatic heterocycles. The summed E-state index contributed by atoms with van der Waals surface area (Å²) >= 11 is 0. The van der Waals surface area contributed by atoms with Crippen molar-refractivity contribution in [2.45, 2.75) is 46.0 Å². The third-order valence-electron chi connectivity index (χ3n) is 3.44. The maximum atomic E-state index is 12.2. The normalized spacial score (nSPS) is 14.0. The van der Waals surface area contributed by atoms with Gasteiger partial charge >= 0.3 is 0 Å². The van der Waals surface area contributed by atoms with E-state index < -0.39 is 17.7 Å². The third kappa shape index (κ3) is 4.19. The van der Waals surface area contributed by atoms with Crippen molar-refractivity contribution in [1.29, 1.82) is 0 Å². The highest BCUT2D eigenvalue weighted by Gasteiger charge is 2.30. The standard InChI is InChI=1S/C14H22N2O3/c1-3-5-6-7-10(4-2)11(14(18)19)12(17)13-15-8-9-16-13/h8-11H,3-7H2,1-2H3,(H,15,16)(H,18,19)/p-1. The number of rotatable bonds is 9. The number of carbonyl (C=O) groups excluding carboxylic acids is 2. The van der Waals surface area contributed by atoms with Crippen LogP contribution in [-0.4, -0.2) is 21.7 Å². The minimum Gasteiger partial charge on any atom is -0.549 e. The Morgan fingerprint density at radius 3 is 2.58 bits per heavy atom. The first-order chi connectivity index (χ1) is 9.11. The predicted molar refractivity (Wildman–Crippen MR) is 69.3 cm³/mol. The Balaban J connectivity index is 2.80. The number of nitrogens with one attached hydrogen (secondary N) is 1. The number of imidazole rings is 1. The van der Waals surface area contributed by atoms with Gasteiger partial charge in [0.1, 0.15) is 0 Å². The van der Waals surface area contributed by atoms with Crippen molar-refractivity contribution < 1.29 is 14.7 Å². The zero-order valence-corrected chi connectivity index (χ0v) is 11.5. The molecule has 106 valence electrons. The molecule has 0 aliphatic heterocycles. The minimum absolute atomic E-state index is 0.100. The van der Waals surface area contributed by atoms with Crippen molar-refractivity contribution in [1.82, 2.24) is 9.97 Å². The average molecular weight is 265 g/mol. The zero-order chi connectivity index (χ0) is 14.3. The summed E-state index contributed by atoms with van der Waals surface area (Å²) in [6.45, 7) is 3.99. The number of ketones is 1. The van der Waals surface area contributed by atoms with E-state index in [1.165, 1.54) is 12.4 Å². The molecule has 0 bridgehead atoms. The summed E-state index contributed by atoms with van der Waals surface area (Å²) < 4.78 is 0. The van der Waals surface area contributed by atoms with Gasteiger partial charge in [0, 0.05) is 12.4 Å². The van der Waals surface area contributed by atoms with Crippen LogP contribution in [0.25, 0.3) is 0 Å². The van der Waals surface area contributed by atoms with Gasteiger partial charge in [0.25, 0.3) is 0 Å². The summed E-state index contributed by atoms with van der Waals surface area (Å²) in [5, 5.41) is 11.3. The first kappa shape index (κ1) is 15.4. The fraction of sp³-hybridized carbons (Fsp3) is 0.643. The smallest absolute Gasteiger partial charge is 0.206 e. The zero-order valence-electron chi connectivity index (χ0n) is 11.5. The van der Waals surface area contributed by atoms with Gasteiger partial charge < -0.3 is 14.9 Å². The van der Waals surface area contributed by atoms with Crippen LogP contribution in [0.2, 0.25) is 0 Å². The highest BCUT2D eigenvalue weighted by atomic mass is 16.4. The molecule has 2 atom stereocenters. The van der Waals surface area contributed by atoms with E-state index in [0.717, 1.165) is 25.7 Å². The van der Waals surface area contributed by atoms with Crippen LogP contribution in [0.4, 0.5) is 0 Å². The lowest BCUT2D eigenvalue weighted by Crippen LogP contribution is -2.41. The molecule has 5 heteroatoms. The second kappa shape index (κ2) is 7.71. The van der Waals surface area contributed by atoms with Crippen molar-refractivity contribution in [2.75, 3.05) is 0 Å². The van der Waals surface area contributed by atoms with E-state index in [9.17, 15) is 14.7 Å². The SMILES string of the molecule is CCCCCC(CC)C(C(=O)[O-])C(=O)c1ncc[nH]1.